The second kappa shape index (κ2) is 22.8. The second-order valence-electron chi connectivity index (χ2n) is 6.48. The van der Waals surface area contributed by atoms with Crippen LogP contribution in [0.25, 0.3) is 0 Å². The first-order valence-electron chi connectivity index (χ1n) is 10.4. The molecule has 0 bridgehead atoms. The molecule has 0 atom stereocenters. The Morgan fingerprint density at radius 3 is 1.81 bits per heavy atom. The molecular weight excluding hydrogens is 336 g/mol. The van der Waals surface area contributed by atoms with Crippen LogP contribution in [0, 0.1) is 0 Å². The molecule has 0 unspecified atom stereocenters. The van der Waals surface area contributed by atoms with Crippen LogP contribution in [0.1, 0.15) is 64.7 Å². The maximum Gasteiger partial charge on any atom is 0.0704 e. The number of ether oxygens (including phenoxy) is 4. The van der Waals surface area contributed by atoms with Crippen molar-refractivity contribution in [3.63, 3.8) is 0 Å². The van der Waals surface area contributed by atoms with Gasteiger partial charge < -0.3 is 29.2 Å². The van der Waals surface area contributed by atoms with E-state index in [0.717, 1.165) is 13.0 Å². The molecule has 0 amide bonds. The molecule has 0 aromatic heterocycles. The van der Waals surface area contributed by atoms with Crippen LogP contribution in [0.5, 0.6) is 0 Å². The van der Waals surface area contributed by atoms with Crippen molar-refractivity contribution in [2.24, 2.45) is 0 Å². The highest BCUT2D eigenvalue weighted by molar-refractivity contribution is 4.64. The Morgan fingerprint density at radius 2 is 1.23 bits per heavy atom. The van der Waals surface area contributed by atoms with E-state index in [0.29, 0.717) is 45.7 Å². The largest absolute Gasteiger partial charge is 0.394 e. The molecule has 158 valence electrons. The normalized spacial score (nSPS) is 14.9. The van der Waals surface area contributed by atoms with E-state index in [-0.39, 0.29) is 13.2 Å². The highest BCUT2D eigenvalue weighted by Crippen LogP contribution is 2.19. The number of unbranched alkanes of at least 4 members (excludes halogenated alkanes) is 3. The summed E-state index contributed by atoms with van der Waals surface area (Å²) in [5.41, 5.74) is 0. The van der Waals surface area contributed by atoms with E-state index in [2.05, 4.69) is 6.92 Å². The Hall–Kier alpha value is -0.240. The lowest BCUT2D eigenvalue weighted by Crippen LogP contribution is -2.19. The van der Waals surface area contributed by atoms with Gasteiger partial charge in [0.15, 0.2) is 0 Å². The summed E-state index contributed by atoms with van der Waals surface area (Å²) in [6.07, 6.45) is 11.8. The minimum Gasteiger partial charge on any atom is -0.394 e. The van der Waals surface area contributed by atoms with Gasteiger partial charge in [0.1, 0.15) is 0 Å². The summed E-state index contributed by atoms with van der Waals surface area (Å²) < 4.78 is 21.1. The maximum atomic E-state index is 8.45. The minimum absolute atomic E-state index is 0.0938. The number of hydrogen-bond acceptors (Lipinski definition) is 6. The first-order valence-corrected chi connectivity index (χ1v) is 10.4. The SMILES string of the molecule is CCCCCCOCCOCCO.OCCOCCOC1CCCCC1. The van der Waals surface area contributed by atoms with E-state index in [1.54, 1.807) is 0 Å². The van der Waals surface area contributed by atoms with Crippen molar-refractivity contribution < 1.29 is 29.2 Å². The van der Waals surface area contributed by atoms with Crippen molar-refractivity contribution in [2.75, 3.05) is 59.5 Å². The number of rotatable bonds is 16. The zero-order valence-electron chi connectivity index (χ0n) is 16.8. The molecule has 26 heavy (non-hydrogen) atoms. The second-order valence-corrected chi connectivity index (χ2v) is 6.48. The fraction of sp³-hybridized carbons (Fsp3) is 1.00. The van der Waals surface area contributed by atoms with Crippen molar-refractivity contribution in [2.45, 2.75) is 70.8 Å². The highest BCUT2D eigenvalue weighted by atomic mass is 16.5. The van der Waals surface area contributed by atoms with Crippen LogP contribution < -0.4 is 0 Å². The van der Waals surface area contributed by atoms with E-state index in [1.807, 2.05) is 0 Å². The van der Waals surface area contributed by atoms with Crippen LogP contribution in [-0.4, -0.2) is 75.8 Å². The standard InChI is InChI=1S/C10H20O3.C10H22O3/c11-6-7-12-8-9-13-10-4-2-1-3-5-10;1-2-3-4-5-7-12-9-10-13-8-6-11/h10-11H,1-9H2;11H,2-10H2,1H3. The van der Waals surface area contributed by atoms with Crippen LogP contribution in [0.3, 0.4) is 0 Å². The summed E-state index contributed by atoms with van der Waals surface area (Å²) in [6.45, 7) is 6.58. The quantitative estimate of drug-likeness (QED) is 0.402. The molecule has 0 aliphatic heterocycles. The molecule has 2 N–H and O–H groups in total. The fourth-order valence-corrected chi connectivity index (χ4v) is 2.69. The van der Waals surface area contributed by atoms with Crippen LogP contribution in [0.4, 0.5) is 0 Å². The monoisotopic (exact) mass is 378 g/mol. The van der Waals surface area contributed by atoms with E-state index in [1.165, 1.54) is 51.4 Å². The van der Waals surface area contributed by atoms with Gasteiger partial charge in [-0.05, 0) is 19.3 Å². The first kappa shape index (κ1) is 25.8. The zero-order chi connectivity index (χ0) is 19.1. The average Bonchev–Trinajstić information content (AvgIpc) is 2.68. The lowest BCUT2D eigenvalue weighted by atomic mass is 9.98. The summed E-state index contributed by atoms with van der Waals surface area (Å²) in [5, 5.41) is 16.8. The Kier molecular flexibility index (Phi) is 22.6. The molecule has 6 nitrogen and oxygen atoms in total. The molecule has 0 aromatic carbocycles. The third-order valence-corrected chi connectivity index (χ3v) is 4.12. The molecule has 0 radical (unpaired) electrons. The van der Waals surface area contributed by atoms with Crippen LogP contribution in [0.2, 0.25) is 0 Å². The van der Waals surface area contributed by atoms with Crippen LogP contribution in [-0.2, 0) is 18.9 Å². The van der Waals surface area contributed by atoms with Crippen molar-refractivity contribution in [1.29, 1.82) is 0 Å². The summed E-state index contributed by atoms with van der Waals surface area (Å²) in [4.78, 5) is 0. The van der Waals surface area contributed by atoms with E-state index < -0.39 is 0 Å². The molecular formula is C20H42O6. The number of aliphatic hydroxyl groups excluding tert-OH is 2. The topological polar surface area (TPSA) is 77.4 Å². The lowest BCUT2D eigenvalue weighted by Gasteiger charge is -2.21. The molecule has 1 rings (SSSR count). The van der Waals surface area contributed by atoms with Gasteiger partial charge >= 0.3 is 0 Å². The van der Waals surface area contributed by atoms with Crippen molar-refractivity contribution >= 4 is 0 Å². The predicted molar refractivity (Wildman–Crippen MR) is 104 cm³/mol. The van der Waals surface area contributed by atoms with Gasteiger partial charge in [-0.3, -0.25) is 0 Å². The lowest BCUT2D eigenvalue weighted by molar-refractivity contribution is -0.0154. The number of aliphatic hydroxyl groups is 2. The van der Waals surface area contributed by atoms with Crippen LogP contribution in [0.15, 0.2) is 0 Å². The maximum absolute atomic E-state index is 8.45. The van der Waals surface area contributed by atoms with Crippen molar-refractivity contribution in [3.05, 3.63) is 0 Å². The van der Waals surface area contributed by atoms with Crippen LogP contribution >= 0.6 is 0 Å². The first-order chi connectivity index (χ1) is 12.8. The van der Waals surface area contributed by atoms with Gasteiger partial charge in [-0.1, -0.05) is 45.4 Å². The van der Waals surface area contributed by atoms with Gasteiger partial charge in [0.25, 0.3) is 0 Å². The zero-order valence-corrected chi connectivity index (χ0v) is 16.8. The van der Waals surface area contributed by atoms with E-state index in [9.17, 15) is 0 Å². The van der Waals surface area contributed by atoms with Crippen molar-refractivity contribution in [3.8, 4) is 0 Å². The molecule has 1 aliphatic carbocycles. The van der Waals surface area contributed by atoms with E-state index in [4.69, 9.17) is 29.2 Å². The predicted octanol–water partition coefficient (Wildman–Crippen LogP) is 2.94. The van der Waals surface area contributed by atoms with Gasteiger partial charge in [0, 0.05) is 6.61 Å². The molecule has 0 spiro atoms. The Morgan fingerprint density at radius 1 is 0.654 bits per heavy atom. The molecule has 6 heteroatoms. The molecule has 0 aromatic rings. The molecule has 1 fully saturated rings. The van der Waals surface area contributed by atoms with Crippen molar-refractivity contribution in [1.82, 2.24) is 0 Å². The highest BCUT2D eigenvalue weighted by Gasteiger charge is 2.12. The summed E-state index contributed by atoms with van der Waals surface area (Å²) in [7, 11) is 0. The summed E-state index contributed by atoms with van der Waals surface area (Å²) in [6, 6.07) is 0. The molecule has 0 heterocycles. The fourth-order valence-electron chi connectivity index (χ4n) is 2.69. The Labute approximate surface area is 160 Å². The summed E-state index contributed by atoms with van der Waals surface area (Å²) >= 11 is 0. The van der Waals surface area contributed by atoms with Gasteiger partial charge in [-0.25, -0.2) is 0 Å². The van der Waals surface area contributed by atoms with Gasteiger partial charge in [0.2, 0.25) is 0 Å². The smallest absolute Gasteiger partial charge is 0.0704 e. The summed E-state index contributed by atoms with van der Waals surface area (Å²) in [5.74, 6) is 0. The molecule has 1 saturated carbocycles. The Balaban J connectivity index is 0.000000481. The van der Waals surface area contributed by atoms with Gasteiger partial charge in [-0.15, -0.1) is 0 Å². The third-order valence-electron chi connectivity index (χ3n) is 4.12. The third kappa shape index (κ3) is 20.1. The molecule has 1 aliphatic rings. The van der Waals surface area contributed by atoms with Gasteiger partial charge in [0.05, 0.1) is 59.0 Å². The van der Waals surface area contributed by atoms with E-state index >= 15 is 0 Å². The average molecular weight is 379 g/mol. The minimum atomic E-state index is 0.0938. The molecule has 0 saturated heterocycles. The van der Waals surface area contributed by atoms with Gasteiger partial charge in [-0.2, -0.15) is 0 Å². The Bertz CT molecular complexity index is 236. The number of hydrogen-bond donors (Lipinski definition) is 2.